The summed E-state index contributed by atoms with van der Waals surface area (Å²) in [4.78, 5) is 8.10. The van der Waals surface area contributed by atoms with E-state index in [4.69, 9.17) is 0 Å². The molecule has 1 aliphatic heterocycles. The lowest BCUT2D eigenvalue weighted by atomic mass is 10.1. The lowest BCUT2D eigenvalue weighted by Gasteiger charge is -2.25. The smallest absolute Gasteiger partial charge is 0.126 e. The molecule has 0 unspecified atom stereocenters. The average Bonchev–Trinajstić information content (AvgIpc) is 3.16. The molecule has 1 N–H and O–H groups in total. The molecule has 0 bridgehead atoms. The first-order valence-corrected chi connectivity index (χ1v) is 9.07. The minimum absolute atomic E-state index is 0.112. The van der Waals surface area contributed by atoms with Crippen LogP contribution in [0.1, 0.15) is 28.1 Å². The van der Waals surface area contributed by atoms with Gasteiger partial charge in [0.1, 0.15) is 5.82 Å². The SMILES string of the molecule is Cc1ccc(CN(Cc2scnc2C)C[C@H]2CCNC2)cc1F. The fourth-order valence-electron chi connectivity index (χ4n) is 3.09. The average molecular weight is 333 g/mol. The highest BCUT2D eigenvalue weighted by Crippen LogP contribution is 2.20. The summed E-state index contributed by atoms with van der Waals surface area (Å²) in [6, 6.07) is 5.59. The number of aryl methyl sites for hydroxylation is 2. The van der Waals surface area contributed by atoms with Crippen molar-refractivity contribution in [3.05, 3.63) is 51.2 Å². The minimum atomic E-state index is -0.112. The zero-order valence-electron chi connectivity index (χ0n) is 13.8. The number of halogens is 1. The molecule has 0 saturated carbocycles. The molecule has 3 nitrogen and oxygen atoms in total. The Morgan fingerprint density at radius 1 is 1.35 bits per heavy atom. The van der Waals surface area contributed by atoms with Gasteiger partial charge in [0.25, 0.3) is 0 Å². The van der Waals surface area contributed by atoms with Crippen LogP contribution in [0.4, 0.5) is 4.39 Å². The van der Waals surface area contributed by atoms with Crippen molar-refractivity contribution in [1.82, 2.24) is 15.2 Å². The second kappa shape index (κ2) is 7.51. The van der Waals surface area contributed by atoms with E-state index in [1.165, 1.54) is 11.3 Å². The Morgan fingerprint density at radius 3 is 2.87 bits per heavy atom. The van der Waals surface area contributed by atoms with Crippen molar-refractivity contribution in [2.24, 2.45) is 5.92 Å². The molecule has 2 aromatic rings. The summed E-state index contributed by atoms with van der Waals surface area (Å²) in [6.45, 7) is 8.78. The van der Waals surface area contributed by atoms with Crippen LogP contribution in [0.5, 0.6) is 0 Å². The molecular formula is C18H24FN3S. The number of nitrogens with one attached hydrogen (secondary N) is 1. The van der Waals surface area contributed by atoms with E-state index in [-0.39, 0.29) is 5.82 Å². The van der Waals surface area contributed by atoms with Gasteiger partial charge in [-0.2, -0.15) is 0 Å². The number of aromatic nitrogens is 1. The molecule has 2 heterocycles. The number of thiazole rings is 1. The molecule has 124 valence electrons. The second-order valence-electron chi connectivity index (χ2n) is 6.47. The molecule has 1 fully saturated rings. The van der Waals surface area contributed by atoms with Gasteiger partial charge in [0, 0.05) is 24.5 Å². The van der Waals surface area contributed by atoms with Crippen LogP contribution >= 0.6 is 11.3 Å². The van der Waals surface area contributed by atoms with Crippen LogP contribution in [0.25, 0.3) is 0 Å². The first-order valence-electron chi connectivity index (χ1n) is 8.19. The van der Waals surface area contributed by atoms with Crippen molar-refractivity contribution in [3.63, 3.8) is 0 Å². The van der Waals surface area contributed by atoms with Gasteiger partial charge in [0.05, 0.1) is 11.2 Å². The van der Waals surface area contributed by atoms with Gasteiger partial charge in [-0.1, -0.05) is 12.1 Å². The van der Waals surface area contributed by atoms with Crippen LogP contribution in [-0.4, -0.2) is 29.5 Å². The zero-order chi connectivity index (χ0) is 16.2. The summed E-state index contributed by atoms with van der Waals surface area (Å²) in [7, 11) is 0. The fourth-order valence-corrected chi connectivity index (χ4v) is 3.91. The quantitative estimate of drug-likeness (QED) is 0.877. The Balaban J connectivity index is 1.73. The van der Waals surface area contributed by atoms with Gasteiger partial charge >= 0.3 is 0 Å². The van der Waals surface area contributed by atoms with E-state index in [1.54, 1.807) is 17.4 Å². The normalized spacial score (nSPS) is 18.0. The summed E-state index contributed by atoms with van der Waals surface area (Å²) >= 11 is 1.71. The lowest BCUT2D eigenvalue weighted by molar-refractivity contribution is 0.222. The Labute approximate surface area is 141 Å². The number of benzene rings is 1. The Morgan fingerprint density at radius 2 is 2.22 bits per heavy atom. The summed E-state index contributed by atoms with van der Waals surface area (Å²) in [6.07, 6.45) is 1.22. The van der Waals surface area contributed by atoms with Gasteiger partial charge in [-0.05, 0) is 56.5 Å². The molecule has 3 rings (SSSR count). The van der Waals surface area contributed by atoms with E-state index in [2.05, 4.69) is 22.1 Å². The summed E-state index contributed by atoms with van der Waals surface area (Å²) < 4.78 is 13.8. The summed E-state index contributed by atoms with van der Waals surface area (Å²) in [5.41, 5.74) is 4.77. The van der Waals surface area contributed by atoms with Crippen LogP contribution in [-0.2, 0) is 13.1 Å². The van der Waals surface area contributed by atoms with Crippen LogP contribution in [0.2, 0.25) is 0 Å². The second-order valence-corrected chi connectivity index (χ2v) is 7.41. The van der Waals surface area contributed by atoms with Crippen LogP contribution in [0.15, 0.2) is 23.7 Å². The van der Waals surface area contributed by atoms with Gasteiger partial charge in [-0.15, -0.1) is 11.3 Å². The maximum Gasteiger partial charge on any atom is 0.126 e. The molecule has 1 saturated heterocycles. The van der Waals surface area contributed by atoms with Gasteiger partial charge in [-0.3, -0.25) is 4.90 Å². The molecule has 5 heteroatoms. The Bertz CT molecular complexity index is 649. The van der Waals surface area contributed by atoms with Crippen molar-refractivity contribution in [1.29, 1.82) is 0 Å². The molecular weight excluding hydrogens is 309 g/mol. The van der Waals surface area contributed by atoms with E-state index in [1.807, 2.05) is 24.6 Å². The Hall–Kier alpha value is -1.30. The van der Waals surface area contributed by atoms with E-state index in [9.17, 15) is 4.39 Å². The molecule has 0 amide bonds. The van der Waals surface area contributed by atoms with Crippen molar-refractivity contribution in [3.8, 4) is 0 Å². The third-order valence-electron chi connectivity index (χ3n) is 4.53. The molecule has 1 aromatic carbocycles. The zero-order valence-corrected chi connectivity index (χ0v) is 14.6. The van der Waals surface area contributed by atoms with Crippen LogP contribution in [0, 0.1) is 25.6 Å². The van der Waals surface area contributed by atoms with E-state index >= 15 is 0 Å². The first kappa shape index (κ1) is 16.6. The molecule has 0 aliphatic carbocycles. The topological polar surface area (TPSA) is 28.2 Å². The highest BCUT2D eigenvalue weighted by molar-refractivity contribution is 7.09. The minimum Gasteiger partial charge on any atom is -0.316 e. The standard InChI is InChI=1S/C18H24FN3S/c1-13-3-4-15(7-17(13)19)9-22(10-16-5-6-20-8-16)11-18-14(2)21-12-23-18/h3-4,7,12,16,20H,5-6,8-11H2,1-2H3/t16-/m0/s1. The number of hydrogen-bond donors (Lipinski definition) is 1. The molecule has 1 atom stereocenters. The van der Waals surface area contributed by atoms with E-state index in [0.717, 1.165) is 44.0 Å². The van der Waals surface area contributed by atoms with Crippen LogP contribution < -0.4 is 5.32 Å². The van der Waals surface area contributed by atoms with Crippen LogP contribution in [0.3, 0.4) is 0 Å². The monoisotopic (exact) mass is 333 g/mol. The predicted octanol–water partition coefficient (Wildman–Crippen LogP) is 3.51. The fraction of sp³-hybridized carbons (Fsp3) is 0.500. The predicted molar refractivity (Wildman–Crippen MR) is 93.1 cm³/mol. The lowest BCUT2D eigenvalue weighted by Crippen LogP contribution is -2.30. The number of rotatable bonds is 6. The number of hydrogen-bond acceptors (Lipinski definition) is 4. The molecule has 0 spiro atoms. The van der Waals surface area contributed by atoms with Crippen molar-refractivity contribution < 1.29 is 4.39 Å². The molecule has 1 aliphatic rings. The molecule has 1 aromatic heterocycles. The maximum absolute atomic E-state index is 13.8. The highest BCUT2D eigenvalue weighted by Gasteiger charge is 2.20. The third-order valence-corrected chi connectivity index (χ3v) is 5.45. The van der Waals surface area contributed by atoms with E-state index in [0.29, 0.717) is 11.5 Å². The maximum atomic E-state index is 13.8. The third kappa shape index (κ3) is 4.37. The summed E-state index contributed by atoms with van der Waals surface area (Å²) in [5.74, 6) is 0.567. The molecule has 0 radical (unpaired) electrons. The number of nitrogens with zero attached hydrogens (tertiary/aromatic N) is 2. The highest BCUT2D eigenvalue weighted by atomic mass is 32.1. The first-order chi connectivity index (χ1) is 11.1. The van der Waals surface area contributed by atoms with Gasteiger partial charge in [0.2, 0.25) is 0 Å². The van der Waals surface area contributed by atoms with Gasteiger partial charge in [0.15, 0.2) is 0 Å². The van der Waals surface area contributed by atoms with Crippen molar-refractivity contribution >= 4 is 11.3 Å². The van der Waals surface area contributed by atoms with Gasteiger partial charge in [-0.25, -0.2) is 9.37 Å². The van der Waals surface area contributed by atoms with Crippen molar-refractivity contribution in [2.45, 2.75) is 33.4 Å². The Kier molecular flexibility index (Phi) is 5.41. The molecule has 23 heavy (non-hydrogen) atoms. The summed E-state index contributed by atoms with van der Waals surface area (Å²) in [5, 5.41) is 3.43. The largest absolute Gasteiger partial charge is 0.316 e. The van der Waals surface area contributed by atoms with Gasteiger partial charge < -0.3 is 5.32 Å². The van der Waals surface area contributed by atoms with E-state index < -0.39 is 0 Å². The van der Waals surface area contributed by atoms with Crippen molar-refractivity contribution in [2.75, 3.05) is 19.6 Å².